The van der Waals surface area contributed by atoms with Crippen LogP contribution in [0.2, 0.25) is 0 Å². The van der Waals surface area contributed by atoms with E-state index in [9.17, 15) is 26.3 Å². The number of nitrogens with zero attached hydrogens (tertiary/aromatic N) is 1. The van der Waals surface area contributed by atoms with Crippen molar-refractivity contribution in [2.45, 2.75) is 24.9 Å². The van der Waals surface area contributed by atoms with Crippen LogP contribution in [0.1, 0.15) is 18.1 Å². The van der Waals surface area contributed by atoms with Gasteiger partial charge in [0.15, 0.2) is 0 Å². The first-order chi connectivity index (χ1) is 10.1. The van der Waals surface area contributed by atoms with Crippen molar-refractivity contribution in [1.82, 2.24) is 4.98 Å². The van der Waals surface area contributed by atoms with Crippen LogP contribution in [0, 0.1) is 0 Å². The summed E-state index contributed by atoms with van der Waals surface area (Å²) in [6.45, 7) is 0.377. The Morgan fingerprint density at radius 1 is 1.09 bits per heavy atom. The van der Waals surface area contributed by atoms with E-state index in [0.29, 0.717) is 6.20 Å². The van der Waals surface area contributed by atoms with Gasteiger partial charge in [0.25, 0.3) is 5.60 Å². The summed E-state index contributed by atoms with van der Waals surface area (Å²) >= 11 is 0. The van der Waals surface area contributed by atoms with Crippen molar-refractivity contribution in [3.63, 3.8) is 0 Å². The molecule has 9 heteroatoms. The van der Waals surface area contributed by atoms with E-state index < -0.39 is 30.3 Å². The summed E-state index contributed by atoms with van der Waals surface area (Å²) in [6.07, 6.45) is -7.11. The molecule has 22 heavy (non-hydrogen) atoms. The molecule has 0 fully saturated rings. The Kier molecular flexibility index (Phi) is 5.58. The zero-order valence-electron chi connectivity index (χ0n) is 11.6. The Labute approximate surface area is 122 Å². The third-order valence-corrected chi connectivity index (χ3v) is 2.72. The average molecular weight is 329 g/mol. The van der Waals surface area contributed by atoms with Crippen molar-refractivity contribution in [2.24, 2.45) is 0 Å². The van der Waals surface area contributed by atoms with Crippen LogP contribution in [0.3, 0.4) is 0 Å². The van der Waals surface area contributed by atoms with Gasteiger partial charge in [0.2, 0.25) is 0 Å². The summed E-state index contributed by atoms with van der Waals surface area (Å²) in [5.74, 6) is 0. The molecule has 0 spiro atoms. The van der Waals surface area contributed by atoms with Gasteiger partial charge in [0, 0.05) is 25.1 Å². The molecule has 1 aromatic heterocycles. The van der Waals surface area contributed by atoms with Crippen LogP contribution in [-0.2, 0) is 15.1 Å². The highest BCUT2D eigenvalue weighted by atomic mass is 19.4. The fourth-order valence-electron chi connectivity index (χ4n) is 1.82. The number of methoxy groups -OCH3 is 1. The first-order valence-electron chi connectivity index (χ1n) is 5.94. The fraction of sp³-hybridized carbons (Fsp3) is 0.462. The molecule has 1 heterocycles. The number of halogens is 6. The predicted molar refractivity (Wildman–Crippen MR) is 65.7 cm³/mol. The SMILES string of the molecule is CC=Cc1cncc(C(OCOC)(C(F)(F)F)C(F)(F)F)c1. The van der Waals surface area contributed by atoms with Gasteiger partial charge in [-0.05, 0) is 18.6 Å². The van der Waals surface area contributed by atoms with Crippen molar-refractivity contribution in [1.29, 1.82) is 0 Å². The third kappa shape index (κ3) is 3.41. The molecule has 1 aromatic rings. The van der Waals surface area contributed by atoms with Crippen molar-refractivity contribution >= 4 is 6.08 Å². The summed E-state index contributed by atoms with van der Waals surface area (Å²) in [6, 6.07) is 0.726. The molecule has 0 saturated heterocycles. The maximum atomic E-state index is 13.3. The van der Waals surface area contributed by atoms with Crippen LogP contribution in [0.5, 0.6) is 0 Å². The highest BCUT2D eigenvalue weighted by Crippen LogP contribution is 2.52. The molecule has 0 atom stereocenters. The van der Waals surface area contributed by atoms with E-state index in [1.807, 2.05) is 0 Å². The lowest BCUT2D eigenvalue weighted by Crippen LogP contribution is -2.56. The van der Waals surface area contributed by atoms with Crippen molar-refractivity contribution in [3.05, 3.63) is 35.7 Å². The molecule has 0 unspecified atom stereocenters. The standard InChI is InChI=1S/C13H13F6NO2/c1-3-4-9-5-10(7-20-6-9)11(12(14,15)16,13(17,18)19)22-8-21-2/h3-7H,8H2,1-2H3. The number of aromatic nitrogens is 1. The van der Waals surface area contributed by atoms with Gasteiger partial charge in [0.05, 0.1) is 0 Å². The van der Waals surface area contributed by atoms with Gasteiger partial charge in [-0.15, -0.1) is 0 Å². The van der Waals surface area contributed by atoms with Crippen molar-refractivity contribution in [2.75, 3.05) is 13.9 Å². The zero-order valence-corrected chi connectivity index (χ0v) is 11.6. The lowest BCUT2D eigenvalue weighted by Gasteiger charge is -2.36. The summed E-state index contributed by atoms with van der Waals surface area (Å²) < 4.78 is 87.8. The van der Waals surface area contributed by atoms with Crippen LogP contribution in [0.4, 0.5) is 26.3 Å². The molecular formula is C13H13F6NO2. The van der Waals surface area contributed by atoms with Crippen LogP contribution in [0.25, 0.3) is 6.08 Å². The number of allylic oxidation sites excluding steroid dienone is 1. The normalized spacial score (nSPS) is 13.8. The molecule has 3 nitrogen and oxygen atoms in total. The molecule has 1 rings (SSSR count). The third-order valence-electron chi connectivity index (χ3n) is 2.72. The number of rotatable bonds is 5. The summed E-state index contributed by atoms with van der Waals surface area (Å²) in [4.78, 5) is 3.43. The van der Waals surface area contributed by atoms with E-state index >= 15 is 0 Å². The van der Waals surface area contributed by atoms with Gasteiger partial charge < -0.3 is 9.47 Å². The first-order valence-corrected chi connectivity index (χ1v) is 5.94. The number of hydrogen-bond acceptors (Lipinski definition) is 3. The van der Waals surface area contributed by atoms with E-state index in [2.05, 4.69) is 14.5 Å². The topological polar surface area (TPSA) is 31.4 Å². The summed E-state index contributed by atoms with van der Waals surface area (Å²) in [5, 5.41) is 0. The van der Waals surface area contributed by atoms with E-state index in [4.69, 9.17) is 0 Å². The first kappa shape index (κ1) is 18.4. The largest absolute Gasteiger partial charge is 0.431 e. The Bertz CT molecular complexity index is 510. The molecule has 0 amide bonds. The molecule has 124 valence electrons. The number of pyridine rings is 1. The van der Waals surface area contributed by atoms with E-state index in [0.717, 1.165) is 19.4 Å². The molecule has 0 bridgehead atoms. The Hall–Kier alpha value is -1.61. The summed E-state index contributed by atoms with van der Waals surface area (Å²) in [7, 11) is 0.923. The number of alkyl halides is 6. The monoisotopic (exact) mass is 329 g/mol. The minimum absolute atomic E-state index is 0.0823. The predicted octanol–water partition coefficient (Wildman–Crippen LogP) is 4.06. The van der Waals surface area contributed by atoms with Gasteiger partial charge >= 0.3 is 12.4 Å². The lowest BCUT2D eigenvalue weighted by atomic mass is 9.92. The number of hydrogen-bond donors (Lipinski definition) is 0. The highest BCUT2D eigenvalue weighted by Gasteiger charge is 2.73. The zero-order chi connectivity index (χ0) is 17.0. The lowest BCUT2D eigenvalue weighted by molar-refractivity contribution is -0.400. The molecule has 0 radical (unpaired) electrons. The maximum Gasteiger partial charge on any atom is 0.431 e. The molecule has 0 aliphatic rings. The van der Waals surface area contributed by atoms with Crippen LogP contribution in [0.15, 0.2) is 24.5 Å². The summed E-state index contributed by atoms with van der Waals surface area (Å²) in [5.41, 5.74) is -5.60. The molecular weight excluding hydrogens is 316 g/mol. The second kappa shape index (κ2) is 6.66. The Morgan fingerprint density at radius 2 is 1.68 bits per heavy atom. The van der Waals surface area contributed by atoms with Gasteiger partial charge in [-0.25, -0.2) is 0 Å². The van der Waals surface area contributed by atoms with Gasteiger partial charge in [0.1, 0.15) is 6.79 Å². The van der Waals surface area contributed by atoms with E-state index in [1.165, 1.54) is 12.2 Å². The van der Waals surface area contributed by atoms with Crippen LogP contribution >= 0.6 is 0 Å². The van der Waals surface area contributed by atoms with Crippen LogP contribution in [-0.4, -0.2) is 31.2 Å². The molecule has 0 saturated carbocycles. The van der Waals surface area contributed by atoms with Gasteiger partial charge in [-0.3, -0.25) is 4.98 Å². The minimum Gasteiger partial charge on any atom is -0.359 e. The smallest absolute Gasteiger partial charge is 0.359 e. The van der Waals surface area contributed by atoms with Gasteiger partial charge in [-0.2, -0.15) is 26.3 Å². The van der Waals surface area contributed by atoms with Crippen LogP contribution < -0.4 is 0 Å². The second-order valence-electron chi connectivity index (χ2n) is 4.23. The molecule has 0 aromatic carbocycles. The fourth-order valence-corrected chi connectivity index (χ4v) is 1.82. The van der Waals surface area contributed by atoms with Gasteiger partial charge in [-0.1, -0.05) is 12.2 Å². The van der Waals surface area contributed by atoms with E-state index in [-0.39, 0.29) is 5.56 Å². The van der Waals surface area contributed by atoms with E-state index in [1.54, 1.807) is 6.92 Å². The Balaban J connectivity index is 3.57. The number of ether oxygens (including phenoxy) is 2. The maximum absolute atomic E-state index is 13.3. The van der Waals surface area contributed by atoms with Crippen molar-refractivity contribution in [3.8, 4) is 0 Å². The average Bonchev–Trinajstić information content (AvgIpc) is 2.37. The molecule has 0 aliphatic carbocycles. The molecule has 0 N–H and O–H groups in total. The second-order valence-corrected chi connectivity index (χ2v) is 4.23. The highest BCUT2D eigenvalue weighted by molar-refractivity contribution is 5.49. The Morgan fingerprint density at radius 3 is 2.14 bits per heavy atom. The molecule has 0 aliphatic heterocycles. The quantitative estimate of drug-likeness (QED) is 0.603. The van der Waals surface area contributed by atoms with Crippen molar-refractivity contribution < 1.29 is 35.8 Å². The minimum atomic E-state index is -5.75.